The van der Waals surface area contributed by atoms with Crippen molar-refractivity contribution in [1.82, 2.24) is 15.0 Å². The Kier molecular flexibility index (Phi) is 4.25. The monoisotopic (exact) mass is 291 g/mol. The zero-order chi connectivity index (χ0) is 15.2. The number of nitrogens with one attached hydrogen (secondary N) is 2. The summed E-state index contributed by atoms with van der Waals surface area (Å²) in [6, 6.07) is 15.7. The molecule has 0 saturated carbocycles. The predicted molar refractivity (Wildman–Crippen MR) is 89.2 cm³/mol. The summed E-state index contributed by atoms with van der Waals surface area (Å²) < 4.78 is 0. The second kappa shape index (κ2) is 6.67. The van der Waals surface area contributed by atoms with Crippen LogP contribution in [0.4, 0.5) is 17.5 Å². The van der Waals surface area contributed by atoms with Crippen molar-refractivity contribution < 1.29 is 0 Å². The molecule has 5 nitrogen and oxygen atoms in total. The van der Waals surface area contributed by atoms with Gasteiger partial charge in [0, 0.05) is 36.3 Å². The first-order valence-electron chi connectivity index (χ1n) is 7.20. The molecule has 0 unspecified atom stereocenters. The van der Waals surface area contributed by atoms with E-state index in [-0.39, 0.29) is 0 Å². The van der Waals surface area contributed by atoms with E-state index in [1.165, 1.54) is 0 Å². The maximum absolute atomic E-state index is 4.53. The summed E-state index contributed by atoms with van der Waals surface area (Å²) in [5, 5.41) is 6.46. The number of hydrogen-bond acceptors (Lipinski definition) is 5. The van der Waals surface area contributed by atoms with E-state index in [2.05, 4.69) is 25.6 Å². The van der Waals surface area contributed by atoms with Crippen LogP contribution in [0.3, 0.4) is 0 Å². The van der Waals surface area contributed by atoms with Gasteiger partial charge in [-0.25, -0.2) is 4.98 Å². The highest BCUT2D eigenvalue weighted by Crippen LogP contribution is 2.22. The van der Waals surface area contributed by atoms with Crippen LogP contribution in [0.2, 0.25) is 0 Å². The van der Waals surface area contributed by atoms with Crippen LogP contribution in [-0.4, -0.2) is 21.5 Å². The standard InChI is InChI=1S/C17H17N5/c1-2-19-17-21-15(13-7-6-10-18-12-13)11-16(22-17)20-14-8-4-3-5-9-14/h3-12H,2H2,1H3,(H2,19,20,21,22). The van der Waals surface area contributed by atoms with Crippen molar-refractivity contribution >= 4 is 17.5 Å². The smallest absolute Gasteiger partial charge is 0.225 e. The predicted octanol–water partition coefficient (Wildman–Crippen LogP) is 3.71. The van der Waals surface area contributed by atoms with E-state index in [9.17, 15) is 0 Å². The van der Waals surface area contributed by atoms with Gasteiger partial charge in [-0.05, 0) is 31.2 Å². The van der Waals surface area contributed by atoms with E-state index in [4.69, 9.17) is 0 Å². The lowest BCUT2D eigenvalue weighted by atomic mass is 10.2. The van der Waals surface area contributed by atoms with Crippen LogP contribution in [0.5, 0.6) is 0 Å². The fraction of sp³-hybridized carbons (Fsp3) is 0.118. The van der Waals surface area contributed by atoms with Gasteiger partial charge < -0.3 is 10.6 Å². The zero-order valence-electron chi connectivity index (χ0n) is 12.3. The highest BCUT2D eigenvalue weighted by molar-refractivity contribution is 5.66. The van der Waals surface area contributed by atoms with Crippen LogP contribution < -0.4 is 10.6 Å². The Bertz CT molecular complexity index is 729. The van der Waals surface area contributed by atoms with Crippen molar-refractivity contribution in [1.29, 1.82) is 0 Å². The molecule has 2 heterocycles. The minimum absolute atomic E-state index is 0.599. The van der Waals surface area contributed by atoms with Crippen LogP contribution in [-0.2, 0) is 0 Å². The van der Waals surface area contributed by atoms with Gasteiger partial charge in [0.15, 0.2) is 0 Å². The topological polar surface area (TPSA) is 62.7 Å². The molecular weight excluding hydrogens is 274 g/mol. The van der Waals surface area contributed by atoms with Crippen LogP contribution in [0.15, 0.2) is 60.9 Å². The maximum atomic E-state index is 4.53. The molecular formula is C17H17N5. The van der Waals surface area contributed by atoms with Crippen LogP contribution >= 0.6 is 0 Å². The first-order valence-corrected chi connectivity index (χ1v) is 7.20. The van der Waals surface area contributed by atoms with E-state index in [1.807, 2.05) is 55.5 Å². The molecule has 2 aromatic heterocycles. The lowest BCUT2D eigenvalue weighted by Crippen LogP contribution is -2.05. The molecule has 110 valence electrons. The molecule has 3 rings (SSSR count). The minimum atomic E-state index is 0.599. The molecule has 0 spiro atoms. The number of aromatic nitrogens is 3. The number of anilines is 3. The highest BCUT2D eigenvalue weighted by Gasteiger charge is 2.06. The quantitative estimate of drug-likeness (QED) is 0.750. The molecule has 22 heavy (non-hydrogen) atoms. The van der Waals surface area contributed by atoms with Gasteiger partial charge in [-0.15, -0.1) is 0 Å². The Morgan fingerprint density at radius 3 is 2.59 bits per heavy atom. The van der Waals surface area contributed by atoms with E-state index in [0.29, 0.717) is 5.95 Å². The van der Waals surface area contributed by atoms with E-state index < -0.39 is 0 Å². The van der Waals surface area contributed by atoms with E-state index >= 15 is 0 Å². The molecule has 3 aromatic rings. The van der Waals surface area contributed by atoms with Crippen molar-refractivity contribution in [2.45, 2.75) is 6.92 Å². The Balaban J connectivity index is 1.97. The third-order valence-electron chi connectivity index (χ3n) is 3.06. The number of hydrogen-bond donors (Lipinski definition) is 2. The van der Waals surface area contributed by atoms with Crippen LogP contribution in [0.25, 0.3) is 11.3 Å². The second-order valence-electron chi connectivity index (χ2n) is 4.73. The van der Waals surface area contributed by atoms with Gasteiger partial charge >= 0.3 is 0 Å². The minimum Gasteiger partial charge on any atom is -0.354 e. The molecule has 2 N–H and O–H groups in total. The molecule has 0 fully saturated rings. The fourth-order valence-electron chi connectivity index (χ4n) is 2.08. The number of benzene rings is 1. The molecule has 0 radical (unpaired) electrons. The number of para-hydroxylation sites is 1. The van der Waals surface area contributed by atoms with Gasteiger partial charge in [0.1, 0.15) is 5.82 Å². The average Bonchev–Trinajstić information content (AvgIpc) is 2.57. The van der Waals surface area contributed by atoms with Crippen molar-refractivity contribution in [2.75, 3.05) is 17.2 Å². The Morgan fingerprint density at radius 2 is 1.86 bits per heavy atom. The average molecular weight is 291 g/mol. The van der Waals surface area contributed by atoms with Crippen LogP contribution in [0.1, 0.15) is 6.92 Å². The number of pyridine rings is 1. The summed E-state index contributed by atoms with van der Waals surface area (Å²) >= 11 is 0. The van der Waals surface area contributed by atoms with Gasteiger partial charge in [-0.1, -0.05) is 18.2 Å². The lowest BCUT2D eigenvalue weighted by Gasteiger charge is -2.10. The molecule has 0 saturated heterocycles. The molecule has 0 atom stereocenters. The van der Waals surface area contributed by atoms with E-state index in [0.717, 1.165) is 29.3 Å². The molecule has 0 aliphatic heterocycles. The van der Waals surface area contributed by atoms with Crippen LogP contribution in [0, 0.1) is 0 Å². The van der Waals surface area contributed by atoms with Gasteiger partial charge in [0.2, 0.25) is 5.95 Å². The molecule has 0 amide bonds. The maximum Gasteiger partial charge on any atom is 0.225 e. The van der Waals surface area contributed by atoms with E-state index in [1.54, 1.807) is 12.4 Å². The first-order chi connectivity index (χ1) is 10.8. The Morgan fingerprint density at radius 1 is 1.00 bits per heavy atom. The molecule has 1 aromatic carbocycles. The van der Waals surface area contributed by atoms with Crippen molar-refractivity contribution in [3.8, 4) is 11.3 Å². The summed E-state index contributed by atoms with van der Waals surface area (Å²) in [5.41, 5.74) is 2.78. The lowest BCUT2D eigenvalue weighted by molar-refractivity contribution is 1.09. The molecule has 5 heteroatoms. The van der Waals surface area contributed by atoms with Crippen molar-refractivity contribution in [3.05, 3.63) is 60.9 Å². The van der Waals surface area contributed by atoms with Gasteiger partial charge in [-0.3, -0.25) is 4.98 Å². The third kappa shape index (κ3) is 3.38. The molecule has 0 aliphatic carbocycles. The summed E-state index contributed by atoms with van der Waals surface area (Å²) in [7, 11) is 0. The normalized spacial score (nSPS) is 10.2. The number of nitrogens with zero attached hydrogens (tertiary/aromatic N) is 3. The van der Waals surface area contributed by atoms with Gasteiger partial charge in [0.05, 0.1) is 5.69 Å². The SMILES string of the molecule is CCNc1nc(Nc2ccccc2)cc(-c2cccnc2)n1. The second-order valence-corrected chi connectivity index (χ2v) is 4.73. The summed E-state index contributed by atoms with van der Waals surface area (Å²) in [4.78, 5) is 13.2. The third-order valence-corrected chi connectivity index (χ3v) is 3.06. The summed E-state index contributed by atoms with van der Waals surface area (Å²) in [6.07, 6.45) is 3.55. The Labute approximate surface area is 129 Å². The van der Waals surface area contributed by atoms with Crippen molar-refractivity contribution in [2.24, 2.45) is 0 Å². The first kappa shape index (κ1) is 14.0. The number of rotatable bonds is 5. The summed E-state index contributed by atoms with van der Waals surface area (Å²) in [5.74, 6) is 1.35. The highest BCUT2D eigenvalue weighted by atomic mass is 15.1. The van der Waals surface area contributed by atoms with Gasteiger partial charge in [-0.2, -0.15) is 4.98 Å². The Hall–Kier alpha value is -2.95. The molecule has 0 aliphatic rings. The zero-order valence-corrected chi connectivity index (χ0v) is 12.3. The largest absolute Gasteiger partial charge is 0.354 e. The van der Waals surface area contributed by atoms with Gasteiger partial charge in [0.25, 0.3) is 0 Å². The molecule has 0 bridgehead atoms. The van der Waals surface area contributed by atoms with Crippen molar-refractivity contribution in [3.63, 3.8) is 0 Å². The fourth-order valence-corrected chi connectivity index (χ4v) is 2.08. The summed E-state index contributed by atoms with van der Waals surface area (Å²) in [6.45, 7) is 2.78.